The van der Waals surface area contributed by atoms with Gasteiger partial charge in [-0.25, -0.2) is 9.37 Å². The first kappa shape index (κ1) is 23.8. The van der Waals surface area contributed by atoms with E-state index in [1.54, 1.807) is 11.6 Å². The fourth-order valence-corrected chi connectivity index (χ4v) is 5.92. The summed E-state index contributed by atoms with van der Waals surface area (Å²) < 4.78 is 54.9. The van der Waals surface area contributed by atoms with Crippen molar-refractivity contribution in [3.05, 3.63) is 64.7 Å². The van der Waals surface area contributed by atoms with Crippen molar-refractivity contribution in [2.75, 3.05) is 5.32 Å². The number of nitrogens with zero attached hydrogens (tertiary/aromatic N) is 4. The number of aryl methyl sites for hydroxylation is 1. The van der Waals surface area contributed by atoms with Crippen molar-refractivity contribution in [1.29, 1.82) is 0 Å². The molecule has 2 unspecified atom stereocenters. The Labute approximate surface area is 202 Å². The van der Waals surface area contributed by atoms with Gasteiger partial charge in [0.2, 0.25) is 0 Å². The Bertz CT molecular complexity index is 1270. The van der Waals surface area contributed by atoms with Crippen LogP contribution in [0.2, 0.25) is 5.02 Å². The van der Waals surface area contributed by atoms with Gasteiger partial charge in [-0.1, -0.05) is 11.6 Å². The first-order chi connectivity index (χ1) is 16.5. The number of halogens is 5. The summed E-state index contributed by atoms with van der Waals surface area (Å²) in [7, 11) is 1.69. The van der Waals surface area contributed by atoms with Gasteiger partial charge in [0.25, 0.3) is 5.91 Å². The zero-order chi connectivity index (χ0) is 25.1. The zero-order valence-corrected chi connectivity index (χ0v) is 19.3. The van der Waals surface area contributed by atoms with Crippen molar-refractivity contribution in [2.45, 2.75) is 43.5 Å². The van der Waals surface area contributed by atoms with Crippen LogP contribution in [0.4, 0.5) is 23.2 Å². The summed E-state index contributed by atoms with van der Waals surface area (Å²) in [5.41, 5.74) is -0.578. The molecule has 0 spiro atoms. The largest absolute Gasteiger partial charge is 0.504 e. The third-order valence-electron chi connectivity index (χ3n) is 7.15. The molecule has 2 aromatic heterocycles. The van der Waals surface area contributed by atoms with Crippen molar-refractivity contribution in [3.8, 4) is 0 Å². The molecule has 2 aliphatic carbocycles. The Kier molecular flexibility index (Phi) is 5.67. The Hall–Kier alpha value is -2.92. The summed E-state index contributed by atoms with van der Waals surface area (Å²) in [6.45, 7) is 0. The van der Waals surface area contributed by atoms with Crippen LogP contribution in [0.1, 0.15) is 53.5 Å². The number of anilines is 1. The van der Waals surface area contributed by atoms with Crippen LogP contribution in [0.25, 0.3) is 0 Å². The van der Waals surface area contributed by atoms with Crippen molar-refractivity contribution in [1.82, 2.24) is 19.3 Å². The number of carbonyl (C=O) groups is 1. The molecule has 12 heteroatoms. The van der Waals surface area contributed by atoms with Crippen LogP contribution in [0.3, 0.4) is 0 Å². The number of hydrogen-bond donors (Lipinski definition) is 2. The predicted octanol–water partition coefficient (Wildman–Crippen LogP) is 4.93. The highest BCUT2D eigenvalue weighted by atomic mass is 35.5. The van der Waals surface area contributed by atoms with Crippen LogP contribution in [0, 0.1) is 17.7 Å². The molecule has 0 aliphatic heterocycles. The molecule has 35 heavy (non-hydrogen) atoms. The quantitative estimate of drug-likeness (QED) is 0.486. The number of fused-ring (bicyclic) bond motifs is 1. The minimum absolute atomic E-state index is 0.0181. The number of alkyl halides is 3. The van der Waals surface area contributed by atoms with E-state index in [9.17, 15) is 27.5 Å². The summed E-state index contributed by atoms with van der Waals surface area (Å²) in [6.07, 6.45) is -0.588. The zero-order valence-electron chi connectivity index (χ0n) is 18.6. The number of rotatable bonds is 4. The molecule has 2 fully saturated rings. The smallest absolute Gasteiger partial charge is 0.384 e. The molecule has 7 nitrogen and oxygen atoms in total. The van der Waals surface area contributed by atoms with Gasteiger partial charge in [0, 0.05) is 24.8 Å². The van der Waals surface area contributed by atoms with Crippen molar-refractivity contribution in [2.24, 2.45) is 18.9 Å². The van der Waals surface area contributed by atoms with E-state index in [1.165, 1.54) is 24.5 Å². The maximum Gasteiger partial charge on any atom is 0.504 e. The van der Waals surface area contributed by atoms with Crippen molar-refractivity contribution in [3.63, 3.8) is 0 Å². The lowest BCUT2D eigenvalue weighted by atomic mass is 9.90. The third kappa shape index (κ3) is 4.20. The number of hydrogen-bond acceptors (Lipinski definition) is 4. The van der Waals surface area contributed by atoms with E-state index in [4.69, 9.17) is 11.6 Å². The normalized spacial score (nSPS) is 26.2. The minimum Gasteiger partial charge on any atom is -0.384 e. The summed E-state index contributed by atoms with van der Waals surface area (Å²) >= 11 is 5.81. The number of nitrogens with one attached hydrogen (secondary N) is 1. The Balaban J connectivity index is 1.33. The lowest BCUT2D eigenvalue weighted by molar-refractivity contribution is -0.218. The molecule has 2 N–H and O–H groups in total. The summed E-state index contributed by atoms with van der Waals surface area (Å²) in [5, 5.41) is 17.1. The SMILES string of the molecule is Cn1cnc(C2CC3CC(O)(c4ccnn4C(F)(F)F)CC3C2)c1C(=O)Nc1ccc(F)c(Cl)c1. The molecule has 2 saturated carbocycles. The molecule has 0 bridgehead atoms. The average Bonchev–Trinajstić information content (AvgIpc) is 3.52. The van der Waals surface area contributed by atoms with Crippen LogP contribution in [0.5, 0.6) is 0 Å². The van der Waals surface area contributed by atoms with E-state index in [-0.39, 0.29) is 46.0 Å². The van der Waals surface area contributed by atoms with E-state index in [0.717, 1.165) is 12.3 Å². The molecule has 2 aliphatic rings. The Morgan fingerprint density at radius 1 is 1.23 bits per heavy atom. The fraction of sp³-hybridized carbons (Fsp3) is 0.435. The first-order valence-corrected chi connectivity index (χ1v) is 11.5. The van der Waals surface area contributed by atoms with Gasteiger partial charge in [-0.05, 0) is 61.8 Å². The van der Waals surface area contributed by atoms with Crippen LogP contribution in [-0.2, 0) is 18.9 Å². The van der Waals surface area contributed by atoms with E-state index in [2.05, 4.69) is 15.4 Å². The molecule has 5 rings (SSSR count). The molecule has 3 aromatic rings. The number of carbonyl (C=O) groups excluding carboxylic acids is 1. The maximum absolute atomic E-state index is 13.4. The Morgan fingerprint density at radius 3 is 2.54 bits per heavy atom. The standard InChI is InChI=1S/C23H22ClF4N5O2/c1-32-11-29-19(20(32)21(34)31-15-2-3-17(25)16(24)8-15)12-6-13-9-22(35,10-14(13)7-12)18-4-5-30-33(18)23(26,27)28/h2-5,8,11-14,35H,6-7,9-10H2,1H3,(H,31,34). The maximum atomic E-state index is 13.4. The van der Waals surface area contributed by atoms with Gasteiger partial charge < -0.3 is 15.0 Å². The van der Waals surface area contributed by atoms with Gasteiger partial charge in [0.15, 0.2) is 0 Å². The van der Waals surface area contributed by atoms with Gasteiger partial charge in [0.05, 0.1) is 22.7 Å². The van der Waals surface area contributed by atoms with Gasteiger partial charge in [-0.3, -0.25) is 4.79 Å². The monoisotopic (exact) mass is 511 g/mol. The van der Waals surface area contributed by atoms with Crippen LogP contribution in [-0.4, -0.2) is 30.3 Å². The molecule has 0 saturated heterocycles. The molecular formula is C23H22ClF4N5O2. The third-order valence-corrected chi connectivity index (χ3v) is 7.43. The molecule has 1 amide bonds. The second-order valence-electron chi connectivity index (χ2n) is 9.40. The number of aromatic nitrogens is 4. The molecule has 1 aromatic carbocycles. The topological polar surface area (TPSA) is 85.0 Å². The van der Waals surface area contributed by atoms with Crippen LogP contribution < -0.4 is 5.32 Å². The highest BCUT2D eigenvalue weighted by molar-refractivity contribution is 6.31. The fourth-order valence-electron chi connectivity index (χ4n) is 5.74. The molecular weight excluding hydrogens is 490 g/mol. The van der Waals surface area contributed by atoms with Gasteiger partial charge in [0.1, 0.15) is 17.1 Å². The lowest BCUT2D eigenvalue weighted by Gasteiger charge is -2.26. The first-order valence-electron chi connectivity index (χ1n) is 11.1. The van der Waals surface area contributed by atoms with Crippen molar-refractivity contribution < 1.29 is 27.5 Å². The molecule has 2 heterocycles. The Morgan fingerprint density at radius 2 is 1.91 bits per heavy atom. The number of aliphatic hydroxyl groups is 1. The van der Waals surface area contributed by atoms with Gasteiger partial charge >= 0.3 is 6.30 Å². The van der Waals surface area contributed by atoms with Gasteiger partial charge in [-0.2, -0.15) is 9.78 Å². The number of benzene rings is 1. The predicted molar refractivity (Wildman–Crippen MR) is 118 cm³/mol. The highest BCUT2D eigenvalue weighted by Crippen LogP contribution is 2.57. The van der Waals surface area contributed by atoms with Gasteiger partial charge in [-0.15, -0.1) is 13.2 Å². The van der Waals surface area contributed by atoms with Crippen molar-refractivity contribution >= 4 is 23.2 Å². The summed E-state index contributed by atoms with van der Waals surface area (Å²) in [4.78, 5) is 17.5. The number of amides is 1. The second kappa shape index (κ2) is 8.34. The number of imidazole rings is 1. The minimum atomic E-state index is -4.71. The van der Waals surface area contributed by atoms with Crippen LogP contribution in [0.15, 0.2) is 36.8 Å². The van der Waals surface area contributed by atoms with E-state index >= 15 is 0 Å². The van der Waals surface area contributed by atoms with E-state index in [0.29, 0.717) is 29.9 Å². The lowest BCUT2D eigenvalue weighted by Crippen LogP contribution is -2.32. The molecule has 186 valence electrons. The average molecular weight is 512 g/mol. The van der Waals surface area contributed by atoms with E-state index in [1.807, 2.05) is 0 Å². The molecule has 0 radical (unpaired) electrons. The second-order valence-corrected chi connectivity index (χ2v) is 9.80. The highest BCUT2D eigenvalue weighted by Gasteiger charge is 2.53. The van der Waals surface area contributed by atoms with Crippen LogP contribution >= 0.6 is 11.6 Å². The molecule has 2 atom stereocenters. The van der Waals surface area contributed by atoms with E-state index < -0.39 is 23.6 Å². The summed E-state index contributed by atoms with van der Waals surface area (Å²) in [5.74, 6) is -1.14. The summed E-state index contributed by atoms with van der Waals surface area (Å²) in [6, 6.07) is 5.10.